The Hall–Kier alpha value is -1.16. The molecule has 1 N–H and O–H groups in total. The predicted octanol–water partition coefficient (Wildman–Crippen LogP) is 2.64. The molecular formula is C16H26N4. The number of hydrogen-bond acceptors (Lipinski definition) is 4. The van der Waals surface area contributed by atoms with Crippen LogP contribution in [0, 0.1) is 0 Å². The highest BCUT2D eigenvalue weighted by Crippen LogP contribution is 2.25. The van der Waals surface area contributed by atoms with Crippen LogP contribution in [0.5, 0.6) is 0 Å². The summed E-state index contributed by atoms with van der Waals surface area (Å²) in [5.74, 6) is 1.11. The maximum Gasteiger partial charge on any atom is 0.133 e. The lowest BCUT2D eigenvalue weighted by Crippen LogP contribution is -2.42. The summed E-state index contributed by atoms with van der Waals surface area (Å²) < 4.78 is 0. The lowest BCUT2D eigenvalue weighted by Gasteiger charge is -2.33. The molecule has 1 aliphatic carbocycles. The maximum absolute atomic E-state index is 4.54. The van der Waals surface area contributed by atoms with Gasteiger partial charge in [0.1, 0.15) is 12.1 Å². The molecule has 2 heterocycles. The molecule has 1 unspecified atom stereocenters. The number of piperidine rings is 1. The minimum absolute atomic E-state index is 0.547. The molecular weight excluding hydrogens is 248 g/mol. The number of fused-ring (bicyclic) bond motifs is 1. The van der Waals surface area contributed by atoms with Gasteiger partial charge in [0.15, 0.2) is 0 Å². The molecule has 0 amide bonds. The van der Waals surface area contributed by atoms with Gasteiger partial charge in [-0.1, -0.05) is 13.3 Å². The molecule has 4 nitrogen and oxygen atoms in total. The van der Waals surface area contributed by atoms with Crippen LogP contribution in [0.4, 0.5) is 5.82 Å². The largest absolute Gasteiger partial charge is 0.366 e. The molecule has 2 aliphatic rings. The van der Waals surface area contributed by atoms with Gasteiger partial charge in [-0.2, -0.15) is 0 Å². The summed E-state index contributed by atoms with van der Waals surface area (Å²) in [6.45, 7) is 5.80. The van der Waals surface area contributed by atoms with Gasteiger partial charge < -0.3 is 10.2 Å². The Balaban J connectivity index is 1.74. The summed E-state index contributed by atoms with van der Waals surface area (Å²) in [7, 11) is 0. The van der Waals surface area contributed by atoms with Crippen molar-refractivity contribution in [1.29, 1.82) is 0 Å². The van der Waals surface area contributed by atoms with Crippen molar-refractivity contribution >= 4 is 5.82 Å². The molecule has 4 heteroatoms. The van der Waals surface area contributed by atoms with Gasteiger partial charge >= 0.3 is 0 Å². The van der Waals surface area contributed by atoms with Crippen LogP contribution in [0.15, 0.2) is 6.33 Å². The summed E-state index contributed by atoms with van der Waals surface area (Å²) in [6, 6.07) is 0.547. The van der Waals surface area contributed by atoms with Crippen LogP contribution in [0.3, 0.4) is 0 Å². The zero-order chi connectivity index (χ0) is 13.8. The van der Waals surface area contributed by atoms with Crippen molar-refractivity contribution in [2.45, 2.75) is 57.9 Å². The van der Waals surface area contributed by atoms with E-state index in [1.807, 2.05) is 0 Å². The van der Waals surface area contributed by atoms with Crippen LogP contribution in [-0.2, 0) is 12.8 Å². The van der Waals surface area contributed by atoms with E-state index in [4.69, 9.17) is 0 Å². The SMILES string of the molecule is CCN1CCCC(Nc2ncnc3c2CCCCC3)C1. The molecule has 110 valence electrons. The molecule has 3 rings (SSSR count). The highest BCUT2D eigenvalue weighted by Gasteiger charge is 2.21. The number of rotatable bonds is 3. The fourth-order valence-electron chi connectivity index (χ4n) is 3.48. The van der Waals surface area contributed by atoms with Crippen LogP contribution in [0.2, 0.25) is 0 Å². The van der Waals surface area contributed by atoms with Crippen molar-refractivity contribution in [1.82, 2.24) is 14.9 Å². The molecule has 1 atom stereocenters. The molecule has 1 aromatic rings. The lowest BCUT2D eigenvalue weighted by atomic mass is 10.0. The number of anilines is 1. The van der Waals surface area contributed by atoms with Gasteiger partial charge in [-0.25, -0.2) is 9.97 Å². The van der Waals surface area contributed by atoms with E-state index in [9.17, 15) is 0 Å². The lowest BCUT2D eigenvalue weighted by molar-refractivity contribution is 0.226. The first-order chi connectivity index (χ1) is 9.86. The Morgan fingerprint density at radius 1 is 1.20 bits per heavy atom. The molecule has 0 radical (unpaired) electrons. The van der Waals surface area contributed by atoms with Crippen molar-refractivity contribution in [2.75, 3.05) is 25.0 Å². The normalized spacial score (nSPS) is 23.9. The van der Waals surface area contributed by atoms with E-state index >= 15 is 0 Å². The van der Waals surface area contributed by atoms with E-state index in [0.29, 0.717) is 6.04 Å². The third-order valence-corrected chi connectivity index (χ3v) is 4.67. The molecule has 1 aliphatic heterocycles. The van der Waals surface area contributed by atoms with Gasteiger partial charge in [0.2, 0.25) is 0 Å². The molecule has 0 aromatic carbocycles. The second kappa shape index (κ2) is 6.53. The van der Waals surface area contributed by atoms with Crippen LogP contribution < -0.4 is 5.32 Å². The number of nitrogens with one attached hydrogen (secondary N) is 1. The van der Waals surface area contributed by atoms with Gasteiger partial charge in [0.05, 0.1) is 0 Å². The van der Waals surface area contributed by atoms with E-state index in [0.717, 1.165) is 31.7 Å². The summed E-state index contributed by atoms with van der Waals surface area (Å²) in [6.07, 6.45) is 10.4. The van der Waals surface area contributed by atoms with Crippen LogP contribution >= 0.6 is 0 Å². The van der Waals surface area contributed by atoms with Crippen molar-refractivity contribution in [3.8, 4) is 0 Å². The molecule has 0 bridgehead atoms. The quantitative estimate of drug-likeness (QED) is 0.860. The number of aromatic nitrogens is 2. The molecule has 1 saturated heterocycles. The zero-order valence-corrected chi connectivity index (χ0v) is 12.6. The summed E-state index contributed by atoms with van der Waals surface area (Å²) in [5.41, 5.74) is 2.67. The average molecular weight is 274 g/mol. The summed E-state index contributed by atoms with van der Waals surface area (Å²) in [4.78, 5) is 11.6. The average Bonchev–Trinajstić information content (AvgIpc) is 2.73. The number of likely N-dealkylation sites (N-methyl/N-ethyl adjacent to an activating group) is 1. The van der Waals surface area contributed by atoms with E-state index in [1.165, 1.54) is 49.9 Å². The first-order valence-electron chi connectivity index (χ1n) is 8.18. The van der Waals surface area contributed by atoms with Crippen molar-refractivity contribution in [3.05, 3.63) is 17.6 Å². The standard InChI is InChI=1S/C16H26N4/c1-2-20-10-6-7-13(11-20)19-16-14-8-4-3-5-9-15(14)17-12-18-16/h12-13H,2-11H2,1H3,(H,17,18,19). The predicted molar refractivity (Wildman–Crippen MR) is 82.0 cm³/mol. The zero-order valence-electron chi connectivity index (χ0n) is 12.6. The van der Waals surface area contributed by atoms with E-state index in [2.05, 4.69) is 27.1 Å². The Morgan fingerprint density at radius 2 is 2.10 bits per heavy atom. The van der Waals surface area contributed by atoms with E-state index in [-0.39, 0.29) is 0 Å². The Labute approximate surface area is 122 Å². The summed E-state index contributed by atoms with van der Waals surface area (Å²) in [5, 5.41) is 3.71. The number of hydrogen-bond donors (Lipinski definition) is 1. The third kappa shape index (κ3) is 3.11. The third-order valence-electron chi connectivity index (χ3n) is 4.67. The van der Waals surface area contributed by atoms with Crippen molar-refractivity contribution in [3.63, 3.8) is 0 Å². The monoisotopic (exact) mass is 274 g/mol. The fraction of sp³-hybridized carbons (Fsp3) is 0.750. The van der Waals surface area contributed by atoms with Crippen molar-refractivity contribution in [2.24, 2.45) is 0 Å². The molecule has 0 spiro atoms. The minimum atomic E-state index is 0.547. The second-order valence-electron chi connectivity index (χ2n) is 6.08. The Morgan fingerprint density at radius 3 is 3.00 bits per heavy atom. The van der Waals surface area contributed by atoms with Crippen LogP contribution in [0.1, 0.15) is 50.3 Å². The maximum atomic E-state index is 4.54. The topological polar surface area (TPSA) is 41.0 Å². The van der Waals surface area contributed by atoms with Gasteiger partial charge in [-0.05, 0) is 51.6 Å². The number of likely N-dealkylation sites (tertiary alicyclic amines) is 1. The van der Waals surface area contributed by atoms with E-state index in [1.54, 1.807) is 6.33 Å². The van der Waals surface area contributed by atoms with Crippen LogP contribution in [-0.4, -0.2) is 40.5 Å². The summed E-state index contributed by atoms with van der Waals surface area (Å²) >= 11 is 0. The molecule has 20 heavy (non-hydrogen) atoms. The minimum Gasteiger partial charge on any atom is -0.366 e. The number of aryl methyl sites for hydroxylation is 1. The van der Waals surface area contributed by atoms with Gasteiger partial charge in [0, 0.05) is 23.8 Å². The first kappa shape index (κ1) is 13.8. The Bertz CT molecular complexity index is 446. The molecule has 1 fully saturated rings. The van der Waals surface area contributed by atoms with Gasteiger partial charge in [-0.15, -0.1) is 0 Å². The van der Waals surface area contributed by atoms with Crippen molar-refractivity contribution < 1.29 is 0 Å². The highest BCUT2D eigenvalue weighted by atomic mass is 15.2. The molecule has 1 aromatic heterocycles. The second-order valence-corrected chi connectivity index (χ2v) is 6.08. The van der Waals surface area contributed by atoms with Gasteiger partial charge in [-0.3, -0.25) is 0 Å². The molecule has 0 saturated carbocycles. The highest BCUT2D eigenvalue weighted by molar-refractivity contribution is 5.47. The fourth-order valence-corrected chi connectivity index (χ4v) is 3.48. The first-order valence-corrected chi connectivity index (χ1v) is 8.18. The van der Waals surface area contributed by atoms with Crippen LogP contribution in [0.25, 0.3) is 0 Å². The van der Waals surface area contributed by atoms with Gasteiger partial charge in [0.25, 0.3) is 0 Å². The van der Waals surface area contributed by atoms with E-state index < -0.39 is 0 Å². The Kier molecular flexibility index (Phi) is 4.51. The smallest absolute Gasteiger partial charge is 0.133 e. The number of nitrogens with zero attached hydrogens (tertiary/aromatic N) is 3.